The van der Waals surface area contributed by atoms with Crippen molar-refractivity contribution in [2.75, 3.05) is 0 Å². The van der Waals surface area contributed by atoms with Crippen LogP contribution >= 0.6 is 0 Å². The maximum absolute atomic E-state index is 2.46. The van der Waals surface area contributed by atoms with Gasteiger partial charge >= 0.3 is 0 Å². The van der Waals surface area contributed by atoms with Gasteiger partial charge in [-0.3, -0.25) is 0 Å². The summed E-state index contributed by atoms with van der Waals surface area (Å²) in [6.45, 7) is 2.25. The lowest BCUT2D eigenvalue weighted by Crippen LogP contribution is -2.00. The molecule has 0 spiro atoms. The van der Waals surface area contributed by atoms with Crippen LogP contribution in [0.3, 0.4) is 0 Å². The number of aromatic nitrogens is 2. The molecule has 0 bridgehead atoms. The van der Waals surface area contributed by atoms with Crippen LogP contribution in [-0.2, 0) is 0 Å². The molecule has 268 valence electrons. The summed E-state index contributed by atoms with van der Waals surface area (Å²) >= 11 is 0. The topological polar surface area (TPSA) is 9.86 Å². The lowest BCUT2D eigenvalue weighted by Gasteiger charge is -2.15. The number of hydrogen-bond donors (Lipinski definition) is 0. The third-order valence-electron chi connectivity index (χ3n) is 11.6. The minimum atomic E-state index is 1.15. The molecule has 2 nitrogen and oxygen atoms in total. The Morgan fingerprint density at radius 3 is 0.895 bits per heavy atom. The lowest BCUT2D eigenvalue weighted by molar-refractivity contribution is 1.12. The van der Waals surface area contributed by atoms with Crippen molar-refractivity contribution in [3.63, 3.8) is 0 Å². The molecule has 0 atom stereocenters. The van der Waals surface area contributed by atoms with Crippen molar-refractivity contribution in [1.29, 1.82) is 0 Å². The van der Waals surface area contributed by atoms with E-state index in [2.05, 4.69) is 228 Å². The molecule has 0 radical (unpaired) electrons. The summed E-state index contributed by atoms with van der Waals surface area (Å²) < 4.78 is 4.90. The van der Waals surface area contributed by atoms with Gasteiger partial charge in [-0.25, -0.2) is 0 Å². The predicted octanol–water partition coefficient (Wildman–Crippen LogP) is 14.9. The Labute approximate surface area is 332 Å². The molecule has 0 aliphatic rings. The highest BCUT2D eigenvalue weighted by molar-refractivity contribution is 6.13. The van der Waals surface area contributed by atoms with Gasteiger partial charge < -0.3 is 9.13 Å². The van der Waals surface area contributed by atoms with Gasteiger partial charge in [-0.15, -0.1) is 0 Å². The van der Waals surface area contributed by atoms with Gasteiger partial charge in [0.1, 0.15) is 0 Å². The molecule has 0 fully saturated rings. The average molecular weight is 727 g/mol. The molecule has 0 saturated carbocycles. The zero-order valence-corrected chi connectivity index (χ0v) is 31.6. The van der Waals surface area contributed by atoms with E-state index in [1.54, 1.807) is 0 Å². The standard InChI is InChI=1S/C55H38N2/c1-37-32-46(56-52-27-22-42(38-14-6-2-7-15-38)33-47(52)48-34-43(23-28-53(48)56)39-16-8-3-9-17-39)26-31-51(37)57-54-29-24-44(40-18-10-4-11-19-40)35-49(54)50-36-45(25-30-55(50)57)41-20-12-5-13-21-41/h2-36H,1H3. The van der Waals surface area contributed by atoms with E-state index in [0.717, 1.165) is 5.69 Å². The second-order valence-corrected chi connectivity index (χ2v) is 15.0. The molecule has 11 rings (SSSR count). The summed E-state index contributed by atoms with van der Waals surface area (Å²) in [5.41, 5.74) is 18.1. The molecule has 2 heterocycles. The number of hydrogen-bond acceptors (Lipinski definition) is 0. The van der Waals surface area contributed by atoms with Gasteiger partial charge in [0.25, 0.3) is 0 Å². The molecular formula is C55H38N2. The largest absolute Gasteiger partial charge is 0.309 e. The summed E-state index contributed by atoms with van der Waals surface area (Å²) in [6.07, 6.45) is 0. The van der Waals surface area contributed by atoms with Crippen LogP contribution in [0.1, 0.15) is 5.56 Å². The molecule has 0 aliphatic heterocycles. The van der Waals surface area contributed by atoms with E-state index >= 15 is 0 Å². The first-order chi connectivity index (χ1) is 28.2. The van der Waals surface area contributed by atoms with Crippen LogP contribution in [0, 0.1) is 6.92 Å². The van der Waals surface area contributed by atoms with Gasteiger partial charge in [-0.05, 0) is 124 Å². The highest BCUT2D eigenvalue weighted by Crippen LogP contribution is 2.40. The van der Waals surface area contributed by atoms with Crippen LogP contribution in [0.4, 0.5) is 0 Å². The van der Waals surface area contributed by atoms with Gasteiger partial charge in [0.2, 0.25) is 0 Å². The van der Waals surface area contributed by atoms with Crippen LogP contribution in [0.25, 0.3) is 99.5 Å². The van der Waals surface area contributed by atoms with Crippen LogP contribution in [0.15, 0.2) is 212 Å². The Morgan fingerprint density at radius 2 is 0.579 bits per heavy atom. The highest BCUT2D eigenvalue weighted by Gasteiger charge is 2.19. The molecule has 2 aromatic heterocycles. The van der Waals surface area contributed by atoms with Crippen LogP contribution in [0.2, 0.25) is 0 Å². The number of benzene rings is 9. The van der Waals surface area contributed by atoms with E-state index in [1.165, 1.54) is 99.4 Å². The Kier molecular flexibility index (Phi) is 7.75. The van der Waals surface area contributed by atoms with Crippen molar-refractivity contribution in [1.82, 2.24) is 9.13 Å². The maximum Gasteiger partial charge on any atom is 0.0541 e. The van der Waals surface area contributed by atoms with E-state index in [4.69, 9.17) is 0 Å². The smallest absolute Gasteiger partial charge is 0.0541 e. The molecule has 0 amide bonds. The third-order valence-corrected chi connectivity index (χ3v) is 11.6. The monoisotopic (exact) mass is 726 g/mol. The predicted molar refractivity (Wildman–Crippen MR) is 242 cm³/mol. The molecule has 2 heteroatoms. The SMILES string of the molecule is Cc1cc(-n2c3ccc(-c4ccccc4)cc3c3cc(-c4ccccc4)ccc32)ccc1-n1c2ccc(-c3ccccc3)cc2c2cc(-c3ccccc3)ccc21. The van der Waals surface area contributed by atoms with Crippen molar-refractivity contribution < 1.29 is 0 Å². The van der Waals surface area contributed by atoms with Crippen molar-refractivity contribution in [2.45, 2.75) is 6.92 Å². The zero-order valence-electron chi connectivity index (χ0n) is 31.6. The van der Waals surface area contributed by atoms with Gasteiger partial charge in [-0.2, -0.15) is 0 Å². The van der Waals surface area contributed by atoms with Gasteiger partial charge in [0.05, 0.1) is 22.1 Å². The summed E-state index contributed by atoms with van der Waals surface area (Å²) in [5, 5.41) is 4.99. The van der Waals surface area contributed by atoms with Crippen LogP contribution in [-0.4, -0.2) is 9.13 Å². The zero-order chi connectivity index (χ0) is 37.9. The average Bonchev–Trinajstić information content (AvgIpc) is 3.78. The van der Waals surface area contributed by atoms with E-state index in [9.17, 15) is 0 Å². The Morgan fingerprint density at radius 1 is 0.263 bits per heavy atom. The van der Waals surface area contributed by atoms with Gasteiger partial charge in [0, 0.05) is 32.9 Å². The van der Waals surface area contributed by atoms with Crippen molar-refractivity contribution >= 4 is 43.6 Å². The number of nitrogens with zero attached hydrogens (tertiary/aromatic N) is 2. The molecule has 0 N–H and O–H groups in total. The fourth-order valence-corrected chi connectivity index (χ4v) is 8.85. The minimum absolute atomic E-state index is 1.15. The molecule has 0 saturated heterocycles. The Bertz CT molecular complexity index is 3070. The van der Waals surface area contributed by atoms with Crippen LogP contribution in [0.5, 0.6) is 0 Å². The molecular weight excluding hydrogens is 689 g/mol. The minimum Gasteiger partial charge on any atom is -0.309 e. The number of fused-ring (bicyclic) bond motifs is 6. The second-order valence-electron chi connectivity index (χ2n) is 15.0. The second kappa shape index (κ2) is 13.4. The van der Waals surface area contributed by atoms with Gasteiger partial charge in [-0.1, -0.05) is 146 Å². The van der Waals surface area contributed by atoms with Gasteiger partial charge in [0.15, 0.2) is 0 Å². The van der Waals surface area contributed by atoms with Crippen molar-refractivity contribution in [3.05, 3.63) is 218 Å². The number of aryl methyl sites for hydroxylation is 1. The van der Waals surface area contributed by atoms with E-state index < -0.39 is 0 Å². The first-order valence-electron chi connectivity index (χ1n) is 19.7. The Balaban J connectivity index is 1.10. The first kappa shape index (κ1) is 33.0. The highest BCUT2D eigenvalue weighted by atomic mass is 15.0. The molecule has 11 aromatic rings. The summed E-state index contributed by atoms with van der Waals surface area (Å²) in [4.78, 5) is 0. The normalized spacial score (nSPS) is 11.6. The molecule has 57 heavy (non-hydrogen) atoms. The van der Waals surface area contributed by atoms with E-state index in [1.807, 2.05) is 0 Å². The quantitative estimate of drug-likeness (QED) is 0.161. The van der Waals surface area contributed by atoms with Crippen LogP contribution < -0.4 is 0 Å². The maximum atomic E-state index is 2.46. The molecule has 0 aliphatic carbocycles. The summed E-state index contributed by atoms with van der Waals surface area (Å²) in [7, 11) is 0. The van der Waals surface area contributed by atoms with E-state index in [-0.39, 0.29) is 0 Å². The third kappa shape index (κ3) is 5.57. The molecule has 0 unspecified atom stereocenters. The number of rotatable bonds is 6. The first-order valence-corrected chi connectivity index (χ1v) is 19.7. The fourth-order valence-electron chi connectivity index (χ4n) is 8.85. The molecule has 9 aromatic carbocycles. The Hall–Kier alpha value is -7.42. The van der Waals surface area contributed by atoms with E-state index in [0.29, 0.717) is 0 Å². The lowest BCUT2D eigenvalue weighted by atomic mass is 10.0. The van der Waals surface area contributed by atoms with Crippen molar-refractivity contribution in [2.24, 2.45) is 0 Å². The van der Waals surface area contributed by atoms with Crippen molar-refractivity contribution in [3.8, 4) is 55.9 Å². The summed E-state index contributed by atoms with van der Waals surface area (Å²) in [6, 6.07) is 77.4. The fraction of sp³-hybridized carbons (Fsp3) is 0.0182. The summed E-state index contributed by atoms with van der Waals surface area (Å²) in [5.74, 6) is 0.